The zero-order valence-corrected chi connectivity index (χ0v) is 23.5. The first-order chi connectivity index (χ1) is 17.9. The van der Waals surface area contributed by atoms with E-state index in [-0.39, 0.29) is 5.92 Å². The van der Waals surface area contributed by atoms with Crippen LogP contribution in [0.5, 0.6) is 0 Å². The highest BCUT2D eigenvalue weighted by Crippen LogP contribution is 2.31. The summed E-state index contributed by atoms with van der Waals surface area (Å²) < 4.78 is 21.2. The van der Waals surface area contributed by atoms with Gasteiger partial charge in [-0.05, 0) is 41.0 Å². The lowest BCUT2D eigenvalue weighted by Crippen LogP contribution is -2.16. The Morgan fingerprint density at radius 2 is 1.32 bits per heavy atom. The second kappa shape index (κ2) is 15.4. The fraction of sp³-hybridized carbons (Fsp3) is 0.375. The Morgan fingerprint density at radius 3 is 1.97 bits per heavy atom. The van der Waals surface area contributed by atoms with Crippen molar-refractivity contribution in [1.82, 2.24) is 0 Å². The number of ether oxygens (including phenoxy) is 4. The Morgan fingerprint density at radius 1 is 0.730 bits per heavy atom. The summed E-state index contributed by atoms with van der Waals surface area (Å²) >= 11 is 0. The van der Waals surface area contributed by atoms with Crippen LogP contribution in [0.15, 0.2) is 66.8 Å². The zero-order chi connectivity index (χ0) is 26.3. The van der Waals surface area contributed by atoms with Gasteiger partial charge >= 0.3 is 0 Å². The van der Waals surface area contributed by atoms with Gasteiger partial charge in [-0.25, -0.2) is 0 Å². The summed E-state index contributed by atoms with van der Waals surface area (Å²) in [6.45, 7) is 10.5. The van der Waals surface area contributed by atoms with Crippen molar-refractivity contribution in [3.05, 3.63) is 89.0 Å². The SMILES string of the molecule is COCCOCCOCCOCC#Cc1ccc(C2=C[C@@H](c3ccc(C#C[Si](C)(C)C)cc3)C=C2)cc1. The third-order valence-electron chi connectivity index (χ3n) is 5.52. The number of allylic oxidation sites excluding steroid dienone is 4. The Kier molecular flexibility index (Phi) is 11.9. The van der Waals surface area contributed by atoms with Gasteiger partial charge in [0.2, 0.25) is 0 Å². The van der Waals surface area contributed by atoms with Crippen molar-refractivity contribution >= 4 is 13.6 Å². The van der Waals surface area contributed by atoms with E-state index in [1.807, 2.05) is 0 Å². The molecule has 5 heteroatoms. The van der Waals surface area contributed by atoms with Crippen molar-refractivity contribution in [2.24, 2.45) is 0 Å². The van der Waals surface area contributed by atoms with E-state index in [4.69, 9.17) is 18.9 Å². The molecule has 3 rings (SSSR count). The van der Waals surface area contributed by atoms with Crippen LogP contribution in [0, 0.1) is 23.3 Å². The number of hydrogen-bond donors (Lipinski definition) is 0. The predicted molar refractivity (Wildman–Crippen MR) is 154 cm³/mol. The van der Waals surface area contributed by atoms with Crippen LogP contribution in [0.4, 0.5) is 0 Å². The standard InChI is InChI=1S/C32H38O4Si/c1-33-19-20-35-23-24-36-22-21-34-18-5-6-27-7-11-29(12-8-27)31-15-16-32(26-31)30-13-9-28(10-14-30)17-25-37(2,3)4/h7-16,26,32H,18-24H2,1-4H3/t32-/m0/s1. The van der Waals surface area contributed by atoms with Crippen LogP contribution in [0.2, 0.25) is 19.6 Å². The van der Waals surface area contributed by atoms with E-state index in [0.717, 1.165) is 11.1 Å². The first-order valence-corrected chi connectivity index (χ1v) is 16.3. The Hall–Kier alpha value is -2.90. The van der Waals surface area contributed by atoms with Gasteiger partial charge in [-0.1, -0.05) is 79.9 Å². The van der Waals surface area contributed by atoms with Crippen molar-refractivity contribution in [3.63, 3.8) is 0 Å². The van der Waals surface area contributed by atoms with Gasteiger partial charge in [-0.3, -0.25) is 0 Å². The van der Waals surface area contributed by atoms with E-state index in [2.05, 4.69) is 110 Å². The molecule has 0 N–H and O–H groups in total. The zero-order valence-electron chi connectivity index (χ0n) is 22.5. The van der Waals surface area contributed by atoms with E-state index in [9.17, 15) is 0 Å². The molecular weight excluding hydrogens is 476 g/mol. The summed E-state index contributed by atoms with van der Waals surface area (Å²) in [7, 11) is 0.297. The Bertz CT molecular complexity index is 1150. The molecule has 0 bridgehead atoms. The first-order valence-electron chi connectivity index (χ1n) is 12.8. The van der Waals surface area contributed by atoms with Gasteiger partial charge in [0.05, 0.1) is 39.6 Å². The molecule has 1 aliphatic carbocycles. The van der Waals surface area contributed by atoms with Crippen LogP contribution in [0.1, 0.15) is 28.2 Å². The maximum Gasteiger partial charge on any atom is 0.129 e. The van der Waals surface area contributed by atoms with E-state index in [1.165, 1.54) is 16.7 Å². The minimum Gasteiger partial charge on any atom is -0.382 e. The van der Waals surface area contributed by atoms with Crippen molar-refractivity contribution in [3.8, 4) is 23.3 Å². The number of methoxy groups -OCH3 is 1. The van der Waals surface area contributed by atoms with E-state index < -0.39 is 8.07 Å². The summed E-state index contributed by atoms with van der Waals surface area (Å²) in [5.41, 5.74) is 9.21. The number of benzene rings is 2. The predicted octanol–water partition coefficient (Wildman–Crippen LogP) is 5.70. The topological polar surface area (TPSA) is 36.9 Å². The average Bonchev–Trinajstić information content (AvgIpc) is 3.39. The molecule has 0 radical (unpaired) electrons. The molecule has 194 valence electrons. The normalized spacial score (nSPS) is 14.5. The molecular formula is C32H38O4Si. The fourth-order valence-corrected chi connectivity index (χ4v) is 4.07. The highest BCUT2D eigenvalue weighted by molar-refractivity contribution is 6.83. The molecule has 4 nitrogen and oxygen atoms in total. The average molecular weight is 515 g/mol. The lowest BCUT2D eigenvalue weighted by molar-refractivity contribution is 0.00758. The second-order valence-corrected chi connectivity index (χ2v) is 14.5. The third-order valence-corrected chi connectivity index (χ3v) is 6.40. The highest BCUT2D eigenvalue weighted by Gasteiger charge is 2.13. The van der Waals surface area contributed by atoms with Crippen LogP contribution in [-0.2, 0) is 18.9 Å². The molecule has 0 fully saturated rings. The molecule has 1 atom stereocenters. The summed E-state index contributed by atoms with van der Waals surface area (Å²) in [6.07, 6.45) is 6.76. The van der Waals surface area contributed by atoms with Gasteiger partial charge < -0.3 is 18.9 Å². The van der Waals surface area contributed by atoms with Gasteiger partial charge in [0.15, 0.2) is 0 Å². The molecule has 0 saturated heterocycles. The van der Waals surface area contributed by atoms with Crippen molar-refractivity contribution in [2.45, 2.75) is 25.6 Å². The molecule has 0 amide bonds. The molecule has 0 aromatic heterocycles. The van der Waals surface area contributed by atoms with Crippen molar-refractivity contribution < 1.29 is 18.9 Å². The highest BCUT2D eigenvalue weighted by atomic mass is 28.3. The van der Waals surface area contributed by atoms with Crippen molar-refractivity contribution in [1.29, 1.82) is 0 Å². The summed E-state index contributed by atoms with van der Waals surface area (Å²) in [5, 5.41) is 0. The lowest BCUT2D eigenvalue weighted by Gasteiger charge is -2.07. The lowest BCUT2D eigenvalue weighted by atomic mass is 9.98. The van der Waals surface area contributed by atoms with Crippen LogP contribution in [0.3, 0.4) is 0 Å². The molecule has 2 aromatic rings. The van der Waals surface area contributed by atoms with E-state index >= 15 is 0 Å². The minimum absolute atomic E-state index is 0.290. The van der Waals surface area contributed by atoms with Crippen LogP contribution < -0.4 is 0 Å². The van der Waals surface area contributed by atoms with Crippen LogP contribution >= 0.6 is 0 Å². The summed E-state index contributed by atoms with van der Waals surface area (Å²) in [6, 6.07) is 17.0. The van der Waals surface area contributed by atoms with Crippen molar-refractivity contribution in [2.75, 3.05) is 53.4 Å². The molecule has 0 saturated carbocycles. The molecule has 37 heavy (non-hydrogen) atoms. The molecule has 0 spiro atoms. The largest absolute Gasteiger partial charge is 0.382 e. The van der Waals surface area contributed by atoms with Crippen LogP contribution in [-0.4, -0.2) is 61.4 Å². The van der Waals surface area contributed by atoms with Gasteiger partial charge in [0.25, 0.3) is 0 Å². The molecule has 0 aliphatic heterocycles. The van der Waals surface area contributed by atoms with E-state index in [0.29, 0.717) is 46.2 Å². The summed E-state index contributed by atoms with van der Waals surface area (Å²) in [5.74, 6) is 9.84. The third kappa shape index (κ3) is 10.9. The van der Waals surface area contributed by atoms with Gasteiger partial charge in [0.1, 0.15) is 14.7 Å². The minimum atomic E-state index is -1.36. The quantitative estimate of drug-likeness (QED) is 0.207. The van der Waals surface area contributed by atoms with Gasteiger partial charge in [-0.15, -0.1) is 5.54 Å². The summed E-state index contributed by atoms with van der Waals surface area (Å²) in [4.78, 5) is 0. The molecule has 0 heterocycles. The maximum atomic E-state index is 5.51. The number of rotatable bonds is 12. The first kappa shape index (κ1) is 28.7. The van der Waals surface area contributed by atoms with Gasteiger partial charge in [0, 0.05) is 24.2 Å². The smallest absolute Gasteiger partial charge is 0.129 e. The Labute approximate surface area is 223 Å². The Balaban J connectivity index is 1.40. The fourth-order valence-electron chi connectivity index (χ4n) is 3.55. The molecule has 1 aliphatic rings. The van der Waals surface area contributed by atoms with Crippen LogP contribution in [0.25, 0.3) is 5.57 Å². The monoisotopic (exact) mass is 514 g/mol. The molecule has 0 unspecified atom stereocenters. The van der Waals surface area contributed by atoms with Gasteiger partial charge in [-0.2, -0.15) is 0 Å². The van der Waals surface area contributed by atoms with E-state index in [1.54, 1.807) is 7.11 Å². The molecule has 2 aromatic carbocycles. The number of hydrogen-bond acceptors (Lipinski definition) is 4. The second-order valence-electron chi connectivity index (χ2n) is 9.78. The maximum absolute atomic E-state index is 5.51.